The fourth-order valence-corrected chi connectivity index (χ4v) is 4.22. The van der Waals surface area contributed by atoms with Gasteiger partial charge in [0.1, 0.15) is 0 Å². The number of imide groups is 1. The Morgan fingerprint density at radius 1 is 0.839 bits per heavy atom. The second-order valence-electron chi connectivity index (χ2n) is 7.84. The molecule has 2 aromatic carbocycles. The van der Waals surface area contributed by atoms with E-state index < -0.39 is 0 Å². The highest BCUT2D eigenvalue weighted by atomic mass is 16.5. The van der Waals surface area contributed by atoms with Crippen LogP contribution >= 0.6 is 0 Å². The molecular weight excluding hydrogens is 392 g/mol. The van der Waals surface area contributed by atoms with Crippen LogP contribution in [-0.2, 0) is 22.5 Å². The molecule has 4 rings (SSSR count). The molecule has 1 aliphatic heterocycles. The van der Waals surface area contributed by atoms with Crippen LogP contribution in [0.4, 0.5) is 0 Å². The number of esters is 1. The summed E-state index contributed by atoms with van der Waals surface area (Å²) in [6.45, 7) is 1.32. The lowest BCUT2D eigenvalue weighted by Gasteiger charge is -2.13. The number of fused-ring (bicyclic) bond motifs is 2. The molecule has 0 unspecified atom stereocenters. The van der Waals surface area contributed by atoms with E-state index in [4.69, 9.17) is 4.74 Å². The summed E-state index contributed by atoms with van der Waals surface area (Å²) in [5, 5.41) is 1.08. The first-order chi connectivity index (χ1) is 15.1. The van der Waals surface area contributed by atoms with Crippen LogP contribution in [-0.4, -0.2) is 40.9 Å². The predicted molar refractivity (Wildman–Crippen MR) is 118 cm³/mol. The lowest BCUT2D eigenvalue weighted by atomic mass is 10.1. The lowest BCUT2D eigenvalue weighted by Crippen LogP contribution is -2.30. The topological polar surface area (TPSA) is 68.6 Å². The van der Waals surface area contributed by atoms with Crippen molar-refractivity contribution in [3.05, 3.63) is 71.4 Å². The monoisotopic (exact) mass is 418 g/mol. The van der Waals surface area contributed by atoms with Crippen molar-refractivity contribution in [2.24, 2.45) is 0 Å². The molecular formula is C25H26N2O4. The van der Waals surface area contributed by atoms with E-state index in [1.807, 2.05) is 24.4 Å². The summed E-state index contributed by atoms with van der Waals surface area (Å²) in [5.41, 5.74) is 3.12. The van der Waals surface area contributed by atoms with E-state index in [9.17, 15) is 14.4 Å². The van der Waals surface area contributed by atoms with Crippen molar-refractivity contribution < 1.29 is 19.1 Å². The Kier molecular flexibility index (Phi) is 6.16. The average Bonchev–Trinajstić information content (AvgIpc) is 3.26. The number of hydrogen-bond donors (Lipinski definition) is 0. The van der Waals surface area contributed by atoms with E-state index in [1.54, 1.807) is 24.3 Å². The van der Waals surface area contributed by atoms with Gasteiger partial charge < -0.3 is 9.30 Å². The first-order valence-electron chi connectivity index (χ1n) is 10.7. The Labute approximate surface area is 181 Å². The fourth-order valence-electron chi connectivity index (χ4n) is 4.22. The van der Waals surface area contributed by atoms with Crippen LogP contribution in [0, 0.1) is 0 Å². The number of carbonyl (C=O) groups is 3. The molecule has 0 atom stereocenters. The van der Waals surface area contributed by atoms with Crippen molar-refractivity contribution in [2.75, 3.05) is 13.7 Å². The summed E-state index contributed by atoms with van der Waals surface area (Å²) in [5.74, 6) is -0.605. The molecule has 6 nitrogen and oxygen atoms in total. The van der Waals surface area contributed by atoms with Gasteiger partial charge in [0.15, 0.2) is 0 Å². The number of hydrogen-bond acceptors (Lipinski definition) is 4. The van der Waals surface area contributed by atoms with Crippen molar-refractivity contribution in [1.82, 2.24) is 9.47 Å². The molecule has 0 aliphatic carbocycles. The van der Waals surface area contributed by atoms with E-state index >= 15 is 0 Å². The summed E-state index contributed by atoms with van der Waals surface area (Å²) in [7, 11) is 1.41. The summed E-state index contributed by atoms with van der Waals surface area (Å²) >= 11 is 0. The Hall–Kier alpha value is -3.41. The third kappa shape index (κ3) is 4.24. The molecule has 1 aromatic heterocycles. The normalized spacial score (nSPS) is 13.1. The zero-order chi connectivity index (χ0) is 21.8. The number of unbranched alkanes of at least 4 members (excludes halogenated alkanes) is 3. The largest absolute Gasteiger partial charge is 0.469 e. The molecule has 0 fully saturated rings. The number of carbonyl (C=O) groups excluding carboxylic acids is 3. The summed E-state index contributed by atoms with van der Waals surface area (Å²) in [6.07, 6.45) is 6.04. The minimum Gasteiger partial charge on any atom is -0.469 e. The van der Waals surface area contributed by atoms with Crippen molar-refractivity contribution in [1.29, 1.82) is 0 Å². The molecule has 0 bridgehead atoms. The van der Waals surface area contributed by atoms with Gasteiger partial charge in [0.2, 0.25) is 0 Å². The van der Waals surface area contributed by atoms with E-state index in [2.05, 4.69) is 10.6 Å². The minimum atomic E-state index is -0.240. The highest BCUT2D eigenvalue weighted by Gasteiger charge is 2.34. The number of ether oxygens (including phenoxy) is 1. The van der Waals surface area contributed by atoms with Gasteiger partial charge in [-0.2, -0.15) is 0 Å². The number of benzene rings is 2. The Morgan fingerprint density at radius 3 is 2.13 bits per heavy atom. The van der Waals surface area contributed by atoms with Gasteiger partial charge >= 0.3 is 5.97 Å². The molecule has 2 amide bonds. The number of nitrogens with zero attached hydrogens (tertiary/aromatic N) is 2. The molecule has 6 heteroatoms. The molecule has 0 saturated heterocycles. The smallest absolute Gasteiger partial charge is 0.310 e. The Morgan fingerprint density at radius 2 is 1.45 bits per heavy atom. The average molecular weight is 418 g/mol. The second-order valence-corrected chi connectivity index (χ2v) is 7.84. The summed E-state index contributed by atoms with van der Waals surface area (Å²) in [4.78, 5) is 37.9. The SMILES string of the molecule is COC(=O)Cc1cn(CCCCCCN2C(=O)c3ccccc3C2=O)c2ccccc12. The van der Waals surface area contributed by atoms with Gasteiger partial charge in [-0.25, -0.2) is 0 Å². The molecule has 160 valence electrons. The van der Waals surface area contributed by atoms with E-state index in [0.29, 0.717) is 17.7 Å². The first kappa shape index (κ1) is 20.8. The van der Waals surface area contributed by atoms with Gasteiger partial charge in [-0.05, 0) is 36.6 Å². The highest BCUT2D eigenvalue weighted by molar-refractivity contribution is 6.21. The quantitative estimate of drug-likeness (QED) is 0.297. The zero-order valence-corrected chi connectivity index (χ0v) is 17.7. The van der Waals surface area contributed by atoms with Gasteiger partial charge in [0, 0.05) is 30.2 Å². The van der Waals surface area contributed by atoms with Crippen LogP contribution in [0.25, 0.3) is 10.9 Å². The first-order valence-corrected chi connectivity index (χ1v) is 10.7. The third-order valence-electron chi connectivity index (χ3n) is 5.84. The lowest BCUT2D eigenvalue weighted by molar-refractivity contribution is -0.139. The van der Waals surface area contributed by atoms with Crippen LogP contribution in [0.1, 0.15) is 52.0 Å². The number of rotatable bonds is 9. The number of aromatic nitrogens is 1. The summed E-state index contributed by atoms with van der Waals surface area (Å²) < 4.78 is 7.01. The fraction of sp³-hybridized carbons (Fsp3) is 0.320. The number of methoxy groups -OCH3 is 1. The van der Waals surface area contributed by atoms with Gasteiger partial charge in [0.25, 0.3) is 11.8 Å². The van der Waals surface area contributed by atoms with Gasteiger partial charge in [-0.1, -0.05) is 43.2 Å². The second kappa shape index (κ2) is 9.16. The molecule has 1 aliphatic rings. The molecule has 3 aromatic rings. The third-order valence-corrected chi connectivity index (χ3v) is 5.84. The highest BCUT2D eigenvalue weighted by Crippen LogP contribution is 2.24. The zero-order valence-electron chi connectivity index (χ0n) is 17.7. The van der Waals surface area contributed by atoms with Gasteiger partial charge in [-0.15, -0.1) is 0 Å². The Bertz CT molecular complexity index is 1100. The Balaban J connectivity index is 1.27. The molecule has 0 saturated carbocycles. The van der Waals surface area contributed by atoms with Crippen molar-refractivity contribution >= 4 is 28.7 Å². The predicted octanol–water partition coefficient (Wildman–Crippen LogP) is 4.21. The minimum absolute atomic E-state index is 0.183. The summed E-state index contributed by atoms with van der Waals surface area (Å²) in [6, 6.07) is 15.1. The maximum absolute atomic E-state index is 12.4. The number of aryl methyl sites for hydroxylation is 1. The van der Waals surface area contributed by atoms with Crippen molar-refractivity contribution in [2.45, 2.75) is 38.6 Å². The number of amides is 2. The van der Waals surface area contributed by atoms with Crippen molar-refractivity contribution in [3.63, 3.8) is 0 Å². The molecule has 0 spiro atoms. The van der Waals surface area contributed by atoms with E-state index in [-0.39, 0.29) is 24.2 Å². The van der Waals surface area contributed by atoms with E-state index in [1.165, 1.54) is 12.0 Å². The van der Waals surface area contributed by atoms with Gasteiger partial charge in [0.05, 0.1) is 24.7 Å². The van der Waals surface area contributed by atoms with Crippen LogP contribution < -0.4 is 0 Å². The molecule has 0 radical (unpaired) electrons. The molecule has 0 N–H and O–H groups in total. The maximum atomic E-state index is 12.4. The maximum Gasteiger partial charge on any atom is 0.310 e. The van der Waals surface area contributed by atoms with E-state index in [0.717, 1.165) is 48.7 Å². The molecule has 31 heavy (non-hydrogen) atoms. The number of para-hydroxylation sites is 1. The van der Waals surface area contributed by atoms with Crippen LogP contribution in [0.15, 0.2) is 54.7 Å². The van der Waals surface area contributed by atoms with Crippen molar-refractivity contribution in [3.8, 4) is 0 Å². The van der Waals surface area contributed by atoms with Crippen LogP contribution in [0.2, 0.25) is 0 Å². The standard InChI is InChI=1S/C25H26N2O4/c1-31-23(28)16-18-17-26(22-13-7-6-10-19(18)22)14-8-2-3-9-15-27-24(29)20-11-4-5-12-21(20)25(27)30/h4-7,10-13,17H,2-3,8-9,14-16H2,1H3. The van der Waals surface area contributed by atoms with Crippen LogP contribution in [0.3, 0.4) is 0 Å². The van der Waals surface area contributed by atoms with Crippen LogP contribution in [0.5, 0.6) is 0 Å². The van der Waals surface area contributed by atoms with Gasteiger partial charge in [-0.3, -0.25) is 19.3 Å². The molecule has 2 heterocycles.